The Hall–Kier alpha value is -3.02. The van der Waals surface area contributed by atoms with Crippen LogP contribution in [-0.2, 0) is 10.8 Å². The molecule has 6 nitrogen and oxygen atoms in total. The van der Waals surface area contributed by atoms with Gasteiger partial charge < -0.3 is 4.42 Å². The lowest BCUT2D eigenvalue weighted by Crippen LogP contribution is -2.16. The Morgan fingerprint density at radius 2 is 1.34 bits per heavy atom. The van der Waals surface area contributed by atoms with Gasteiger partial charge in [0.05, 0.1) is 4.92 Å². The molecule has 1 heterocycles. The first kappa shape index (κ1) is 20.7. The highest BCUT2D eigenvalue weighted by Crippen LogP contribution is 2.34. The van der Waals surface area contributed by atoms with Gasteiger partial charge in [-0.25, -0.2) is 0 Å². The number of aromatic nitrogens is 2. The maximum absolute atomic E-state index is 11.0. The Balaban J connectivity index is 2.06. The van der Waals surface area contributed by atoms with Gasteiger partial charge in [-0.3, -0.25) is 10.1 Å². The highest BCUT2D eigenvalue weighted by Gasteiger charge is 2.23. The third-order valence-electron chi connectivity index (χ3n) is 4.98. The number of aryl methyl sites for hydroxylation is 1. The lowest BCUT2D eigenvalue weighted by molar-refractivity contribution is -0.385. The van der Waals surface area contributed by atoms with Gasteiger partial charge in [-0.1, -0.05) is 47.6 Å². The second kappa shape index (κ2) is 7.10. The summed E-state index contributed by atoms with van der Waals surface area (Å²) in [4.78, 5) is 10.6. The molecule has 0 N–H and O–H groups in total. The molecule has 0 amide bonds. The van der Waals surface area contributed by atoms with Gasteiger partial charge in [0.25, 0.3) is 5.69 Å². The monoisotopic (exact) mass is 393 g/mol. The highest BCUT2D eigenvalue weighted by atomic mass is 16.6. The molecule has 6 heteroatoms. The van der Waals surface area contributed by atoms with Crippen molar-refractivity contribution in [2.24, 2.45) is 0 Å². The summed E-state index contributed by atoms with van der Waals surface area (Å²) in [6.07, 6.45) is 0. The third-order valence-corrected chi connectivity index (χ3v) is 4.98. The summed E-state index contributed by atoms with van der Waals surface area (Å²) in [5.41, 5.74) is 4.52. The summed E-state index contributed by atoms with van der Waals surface area (Å²) >= 11 is 0. The molecule has 0 radical (unpaired) electrons. The normalized spacial score (nSPS) is 12.2. The van der Waals surface area contributed by atoms with Gasteiger partial charge >= 0.3 is 0 Å². The van der Waals surface area contributed by atoms with E-state index in [0.29, 0.717) is 22.9 Å². The van der Waals surface area contributed by atoms with E-state index in [1.165, 1.54) is 17.2 Å². The fraction of sp³-hybridized carbons (Fsp3) is 0.391. The van der Waals surface area contributed by atoms with E-state index >= 15 is 0 Å². The molecule has 0 saturated carbocycles. The molecule has 1 aromatic heterocycles. The molecule has 0 atom stereocenters. The van der Waals surface area contributed by atoms with Gasteiger partial charge in [-0.2, -0.15) is 0 Å². The fourth-order valence-corrected chi connectivity index (χ4v) is 3.07. The third kappa shape index (κ3) is 4.36. The Bertz CT molecular complexity index is 1040. The number of nitro benzene ring substituents is 1. The van der Waals surface area contributed by atoms with Crippen molar-refractivity contribution < 1.29 is 9.34 Å². The molecule has 152 valence electrons. The standard InChI is InChI=1S/C23H27N3O3/c1-14-10-15(8-9-19(14)26(27)28)20-24-25-21(29-20)16-11-17(22(2,3)4)13-18(12-16)23(5,6)7/h8-13H,1-7H3. The fourth-order valence-electron chi connectivity index (χ4n) is 3.07. The molecule has 0 bridgehead atoms. The smallest absolute Gasteiger partial charge is 0.272 e. The maximum atomic E-state index is 11.0. The van der Waals surface area contributed by atoms with Crippen LogP contribution in [0.25, 0.3) is 22.9 Å². The summed E-state index contributed by atoms with van der Waals surface area (Å²) in [6, 6.07) is 11.2. The molecular formula is C23H27N3O3. The van der Waals surface area contributed by atoms with Gasteiger partial charge in [0.15, 0.2) is 0 Å². The van der Waals surface area contributed by atoms with Crippen molar-refractivity contribution in [2.45, 2.75) is 59.3 Å². The zero-order valence-electron chi connectivity index (χ0n) is 18.0. The first-order chi connectivity index (χ1) is 13.4. The molecule has 29 heavy (non-hydrogen) atoms. The summed E-state index contributed by atoms with van der Waals surface area (Å²) < 4.78 is 5.95. The molecule has 0 saturated heterocycles. The average Bonchev–Trinajstić information content (AvgIpc) is 3.09. The van der Waals surface area contributed by atoms with E-state index in [2.05, 4.69) is 69.9 Å². The number of nitrogens with zero attached hydrogens (tertiary/aromatic N) is 3. The average molecular weight is 393 g/mol. The molecular weight excluding hydrogens is 366 g/mol. The SMILES string of the molecule is Cc1cc(-c2nnc(-c3cc(C(C)(C)C)cc(C(C)(C)C)c3)o2)ccc1[N+](=O)[O-]. The Morgan fingerprint density at radius 3 is 1.79 bits per heavy atom. The summed E-state index contributed by atoms with van der Waals surface area (Å²) in [5.74, 6) is 0.782. The van der Waals surface area contributed by atoms with Crippen molar-refractivity contribution in [3.05, 3.63) is 63.2 Å². The van der Waals surface area contributed by atoms with Gasteiger partial charge in [0.2, 0.25) is 11.8 Å². The van der Waals surface area contributed by atoms with Crippen molar-refractivity contribution in [3.8, 4) is 22.9 Å². The van der Waals surface area contributed by atoms with Crippen molar-refractivity contribution in [1.82, 2.24) is 10.2 Å². The Kier molecular flexibility index (Phi) is 5.07. The second-order valence-corrected chi connectivity index (χ2v) is 9.47. The topological polar surface area (TPSA) is 82.1 Å². The largest absolute Gasteiger partial charge is 0.416 e. The van der Waals surface area contributed by atoms with Crippen LogP contribution in [0.5, 0.6) is 0 Å². The Labute approximate surface area is 171 Å². The van der Waals surface area contributed by atoms with Crippen LogP contribution in [0.1, 0.15) is 58.2 Å². The predicted octanol–water partition coefficient (Wildman–Crippen LogP) is 6.22. The minimum Gasteiger partial charge on any atom is -0.416 e. The molecule has 0 aliphatic carbocycles. The second-order valence-electron chi connectivity index (χ2n) is 9.47. The van der Waals surface area contributed by atoms with Crippen LogP contribution in [0.4, 0.5) is 5.69 Å². The number of rotatable bonds is 3. The molecule has 2 aromatic carbocycles. The zero-order valence-corrected chi connectivity index (χ0v) is 18.0. The van der Waals surface area contributed by atoms with E-state index in [1.807, 2.05) is 0 Å². The van der Waals surface area contributed by atoms with Crippen LogP contribution in [0.2, 0.25) is 0 Å². The van der Waals surface area contributed by atoms with Gasteiger partial charge in [0.1, 0.15) is 0 Å². The maximum Gasteiger partial charge on any atom is 0.272 e. The van der Waals surface area contributed by atoms with Crippen molar-refractivity contribution in [2.75, 3.05) is 0 Å². The number of benzene rings is 2. The zero-order chi connectivity index (χ0) is 21.6. The van der Waals surface area contributed by atoms with Crippen LogP contribution >= 0.6 is 0 Å². The first-order valence-electron chi connectivity index (χ1n) is 9.61. The predicted molar refractivity (Wildman–Crippen MR) is 114 cm³/mol. The quantitative estimate of drug-likeness (QED) is 0.390. The summed E-state index contributed by atoms with van der Waals surface area (Å²) in [6.45, 7) is 14.8. The van der Waals surface area contributed by atoms with Crippen LogP contribution in [0, 0.1) is 17.0 Å². The molecule has 0 aliphatic rings. The molecule has 0 spiro atoms. The van der Waals surface area contributed by atoms with Crippen LogP contribution in [-0.4, -0.2) is 15.1 Å². The van der Waals surface area contributed by atoms with Gasteiger partial charge in [-0.05, 0) is 53.1 Å². The molecule has 3 aromatic rings. The van der Waals surface area contributed by atoms with Crippen molar-refractivity contribution in [3.63, 3.8) is 0 Å². The molecule has 0 aliphatic heterocycles. The van der Waals surface area contributed by atoms with Gasteiger partial charge in [0, 0.05) is 22.8 Å². The highest BCUT2D eigenvalue weighted by molar-refractivity contribution is 5.62. The van der Waals surface area contributed by atoms with E-state index < -0.39 is 4.92 Å². The van der Waals surface area contributed by atoms with Crippen LogP contribution < -0.4 is 0 Å². The van der Waals surface area contributed by atoms with E-state index in [4.69, 9.17) is 4.42 Å². The lowest BCUT2D eigenvalue weighted by Gasteiger charge is -2.25. The number of hydrogen-bond donors (Lipinski definition) is 0. The van der Waals surface area contributed by atoms with E-state index in [1.54, 1.807) is 19.1 Å². The minimum atomic E-state index is -0.398. The minimum absolute atomic E-state index is 0.0195. The van der Waals surface area contributed by atoms with Gasteiger partial charge in [-0.15, -0.1) is 10.2 Å². The lowest BCUT2D eigenvalue weighted by atomic mass is 9.79. The van der Waals surface area contributed by atoms with E-state index in [9.17, 15) is 10.1 Å². The van der Waals surface area contributed by atoms with Crippen molar-refractivity contribution in [1.29, 1.82) is 0 Å². The number of hydrogen-bond acceptors (Lipinski definition) is 5. The molecule has 3 rings (SSSR count). The van der Waals surface area contributed by atoms with Crippen molar-refractivity contribution >= 4 is 5.69 Å². The van der Waals surface area contributed by atoms with Crippen LogP contribution in [0.3, 0.4) is 0 Å². The molecule has 0 fully saturated rings. The first-order valence-corrected chi connectivity index (χ1v) is 9.61. The molecule has 0 unspecified atom stereocenters. The van der Waals surface area contributed by atoms with Crippen LogP contribution in [0.15, 0.2) is 40.8 Å². The van der Waals surface area contributed by atoms with E-state index in [0.717, 1.165) is 5.56 Å². The Morgan fingerprint density at radius 1 is 0.828 bits per heavy atom. The number of nitro groups is 1. The summed E-state index contributed by atoms with van der Waals surface area (Å²) in [5, 5.41) is 19.5. The summed E-state index contributed by atoms with van der Waals surface area (Å²) in [7, 11) is 0. The van der Waals surface area contributed by atoms with E-state index in [-0.39, 0.29) is 16.5 Å².